The molecular formula is C13H22ClN3O. The van der Waals surface area contributed by atoms with Gasteiger partial charge in [-0.05, 0) is 32.2 Å². The van der Waals surface area contributed by atoms with Gasteiger partial charge < -0.3 is 10.0 Å². The number of hydrogen-bond donors (Lipinski definition) is 1. The van der Waals surface area contributed by atoms with Crippen molar-refractivity contribution in [2.45, 2.75) is 38.8 Å². The van der Waals surface area contributed by atoms with E-state index in [9.17, 15) is 5.11 Å². The van der Waals surface area contributed by atoms with Crippen molar-refractivity contribution in [3.05, 3.63) is 16.4 Å². The Morgan fingerprint density at radius 2 is 2.17 bits per heavy atom. The molecule has 1 N–H and O–H groups in total. The molecule has 0 aliphatic heterocycles. The molecule has 0 spiro atoms. The van der Waals surface area contributed by atoms with Gasteiger partial charge in [-0.2, -0.15) is 5.10 Å². The minimum absolute atomic E-state index is 0.0737. The molecular weight excluding hydrogens is 250 g/mol. The number of rotatable bonds is 5. The Balaban J connectivity index is 1.94. The van der Waals surface area contributed by atoms with E-state index < -0.39 is 0 Å². The normalized spacial score (nSPS) is 23.4. The summed E-state index contributed by atoms with van der Waals surface area (Å²) in [4.78, 5) is 2.26. The van der Waals surface area contributed by atoms with E-state index >= 15 is 0 Å². The van der Waals surface area contributed by atoms with E-state index in [1.165, 1.54) is 0 Å². The predicted octanol–water partition coefficient (Wildman–Crippen LogP) is 1.84. The van der Waals surface area contributed by atoms with E-state index in [4.69, 9.17) is 11.6 Å². The van der Waals surface area contributed by atoms with Crippen LogP contribution in [0.15, 0.2) is 0 Å². The van der Waals surface area contributed by atoms with Gasteiger partial charge in [-0.25, -0.2) is 0 Å². The highest BCUT2D eigenvalue weighted by Gasteiger charge is 2.28. The van der Waals surface area contributed by atoms with Crippen LogP contribution in [0.25, 0.3) is 0 Å². The Bertz CT molecular complexity index is 413. The molecule has 0 aromatic carbocycles. The lowest BCUT2D eigenvalue weighted by molar-refractivity contribution is 0.0271. The third kappa shape index (κ3) is 2.87. The summed E-state index contributed by atoms with van der Waals surface area (Å²) in [6.45, 7) is 3.90. The number of aliphatic hydroxyl groups excluding tert-OH is 1. The summed E-state index contributed by atoms with van der Waals surface area (Å²) in [7, 11) is 4.04. The van der Waals surface area contributed by atoms with Crippen LogP contribution in [0.5, 0.6) is 0 Å². The lowest BCUT2D eigenvalue weighted by Crippen LogP contribution is -2.37. The van der Waals surface area contributed by atoms with Crippen molar-refractivity contribution < 1.29 is 5.11 Å². The number of nitrogens with zero attached hydrogens (tertiary/aromatic N) is 3. The number of aliphatic hydroxyl groups is 1. The first-order valence-electron chi connectivity index (χ1n) is 6.58. The smallest absolute Gasteiger partial charge is 0.0863 e. The molecule has 0 unspecified atom stereocenters. The van der Waals surface area contributed by atoms with Gasteiger partial charge in [0.2, 0.25) is 0 Å². The van der Waals surface area contributed by atoms with Crippen molar-refractivity contribution >= 4 is 11.6 Å². The van der Waals surface area contributed by atoms with E-state index in [1.54, 1.807) is 0 Å². The Morgan fingerprint density at radius 1 is 1.50 bits per heavy atom. The minimum atomic E-state index is -0.0737. The number of hydrogen-bond acceptors (Lipinski definition) is 3. The highest BCUT2D eigenvalue weighted by molar-refractivity contribution is 6.31. The molecule has 0 saturated heterocycles. The van der Waals surface area contributed by atoms with Gasteiger partial charge in [0.25, 0.3) is 0 Å². The summed E-state index contributed by atoms with van der Waals surface area (Å²) >= 11 is 6.33. The topological polar surface area (TPSA) is 41.3 Å². The molecule has 2 rings (SSSR count). The van der Waals surface area contributed by atoms with Crippen molar-refractivity contribution in [3.8, 4) is 0 Å². The zero-order valence-electron chi connectivity index (χ0n) is 11.4. The van der Waals surface area contributed by atoms with Crippen LogP contribution in [0, 0.1) is 5.92 Å². The fourth-order valence-corrected chi connectivity index (χ4v) is 2.96. The van der Waals surface area contributed by atoms with Gasteiger partial charge in [0.15, 0.2) is 0 Å². The van der Waals surface area contributed by atoms with E-state index in [-0.39, 0.29) is 6.10 Å². The summed E-state index contributed by atoms with van der Waals surface area (Å²) in [5.41, 5.74) is 2.05. The number of aromatic nitrogens is 2. The lowest BCUT2D eigenvalue weighted by atomic mass is 9.82. The van der Waals surface area contributed by atoms with Gasteiger partial charge in [0.1, 0.15) is 0 Å². The first-order valence-corrected chi connectivity index (χ1v) is 6.95. The van der Waals surface area contributed by atoms with Crippen molar-refractivity contribution in [2.24, 2.45) is 13.0 Å². The zero-order valence-corrected chi connectivity index (χ0v) is 12.1. The van der Waals surface area contributed by atoms with Gasteiger partial charge in [-0.15, -0.1) is 0 Å². The second-order valence-corrected chi connectivity index (χ2v) is 5.75. The van der Waals surface area contributed by atoms with Crippen molar-refractivity contribution in [1.29, 1.82) is 0 Å². The van der Waals surface area contributed by atoms with E-state index in [1.807, 2.05) is 11.7 Å². The van der Waals surface area contributed by atoms with Crippen LogP contribution in [-0.4, -0.2) is 39.5 Å². The highest BCUT2D eigenvalue weighted by Crippen LogP contribution is 2.28. The van der Waals surface area contributed by atoms with Crippen LogP contribution in [0.4, 0.5) is 0 Å². The monoisotopic (exact) mass is 271 g/mol. The Kier molecular flexibility index (Phi) is 4.30. The molecule has 102 valence electrons. The molecule has 4 nitrogen and oxygen atoms in total. The molecule has 1 aromatic rings. The lowest BCUT2D eigenvalue weighted by Gasteiger charge is -2.34. The first kappa shape index (κ1) is 13.8. The Hall–Kier alpha value is -0.580. The van der Waals surface area contributed by atoms with Gasteiger partial charge in [-0.1, -0.05) is 18.5 Å². The van der Waals surface area contributed by atoms with Crippen LogP contribution in [-0.2, 0) is 20.0 Å². The molecule has 5 heteroatoms. The molecule has 1 saturated carbocycles. The number of halogens is 1. The molecule has 1 aliphatic carbocycles. The van der Waals surface area contributed by atoms with Crippen molar-refractivity contribution in [1.82, 2.24) is 14.7 Å². The zero-order chi connectivity index (χ0) is 13.3. The molecule has 1 aromatic heterocycles. The standard InChI is InChI=1S/C13H22ClN3O/c1-4-11-13(14)12(17(3)15-11)8-16(2)7-9-5-10(18)6-9/h9-10,18H,4-8H2,1-3H3. The summed E-state index contributed by atoms with van der Waals surface area (Å²) in [5.74, 6) is 0.627. The predicted molar refractivity (Wildman–Crippen MR) is 72.7 cm³/mol. The quantitative estimate of drug-likeness (QED) is 0.889. The highest BCUT2D eigenvalue weighted by atomic mass is 35.5. The average Bonchev–Trinajstić information content (AvgIpc) is 2.54. The third-order valence-electron chi connectivity index (χ3n) is 3.70. The molecule has 0 amide bonds. The fourth-order valence-electron chi connectivity index (χ4n) is 2.60. The first-order chi connectivity index (χ1) is 8.51. The maximum absolute atomic E-state index is 9.29. The molecule has 0 bridgehead atoms. The van der Waals surface area contributed by atoms with Gasteiger partial charge in [0.05, 0.1) is 22.5 Å². The fraction of sp³-hybridized carbons (Fsp3) is 0.769. The van der Waals surface area contributed by atoms with Crippen LogP contribution < -0.4 is 0 Å². The SMILES string of the molecule is CCc1nn(C)c(CN(C)CC2CC(O)C2)c1Cl. The second-order valence-electron chi connectivity index (χ2n) is 5.37. The van der Waals surface area contributed by atoms with Gasteiger partial charge >= 0.3 is 0 Å². The third-order valence-corrected chi connectivity index (χ3v) is 4.14. The summed E-state index contributed by atoms with van der Waals surface area (Å²) in [6.07, 6.45) is 2.66. The van der Waals surface area contributed by atoms with Crippen molar-refractivity contribution in [3.63, 3.8) is 0 Å². The van der Waals surface area contributed by atoms with E-state index in [0.29, 0.717) is 5.92 Å². The minimum Gasteiger partial charge on any atom is -0.393 e. The summed E-state index contributed by atoms with van der Waals surface area (Å²) in [6, 6.07) is 0. The van der Waals surface area contributed by atoms with Crippen molar-refractivity contribution in [2.75, 3.05) is 13.6 Å². The Morgan fingerprint density at radius 3 is 2.67 bits per heavy atom. The maximum atomic E-state index is 9.29. The van der Waals surface area contributed by atoms with E-state index in [2.05, 4.69) is 24.0 Å². The molecule has 1 heterocycles. The van der Waals surface area contributed by atoms with Crippen LogP contribution in [0.1, 0.15) is 31.2 Å². The van der Waals surface area contributed by atoms with Crippen LogP contribution in [0.3, 0.4) is 0 Å². The Labute approximate surface area is 114 Å². The molecule has 1 fully saturated rings. The van der Waals surface area contributed by atoms with Crippen LogP contribution in [0.2, 0.25) is 5.02 Å². The van der Waals surface area contributed by atoms with Crippen LogP contribution >= 0.6 is 11.6 Å². The maximum Gasteiger partial charge on any atom is 0.0863 e. The molecule has 0 radical (unpaired) electrons. The number of aryl methyl sites for hydroxylation is 2. The summed E-state index contributed by atoms with van der Waals surface area (Å²) < 4.78 is 1.88. The molecule has 0 atom stereocenters. The second kappa shape index (κ2) is 5.59. The average molecular weight is 272 g/mol. The molecule has 1 aliphatic rings. The summed E-state index contributed by atoms with van der Waals surface area (Å²) in [5, 5.41) is 14.5. The van der Waals surface area contributed by atoms with Gasteiger partial charge in [-0.3, -0.25) is 4.68 Å². The largest absolute Gasteiger partial charge is 0.393 e. The molecule has 18 heavy (non-hydrogen) atoms. The van der Waals surface area contributed by atoms with E-state index in [0.717, 1.165) is 48.8 Å². The van der Waals surface area contributed by atoms with Gasteiger partial charge in [0, 0.05) is 20.1 Å².